The smallest absolute Gasteiger partial charge is 0.150 e. The van der Waals surface area contributed by atoms with Crippen molar-refractivity contribution < 1.29 is 8.42 Å². The first-order valence-electron chi connectivity index (χ1n) is 8.21. The lowest BCUT2D eigenvalue weighted by molar-refractivity contribution is 0.114. The number of sulfone groups is 1. The average molecular weight is 304 g/mol. The lowest BCUT2D eigenvalue weighted by atomic mass is 9.66. The van der Waals surface area contributed by atoms with Crippen LogP contribution in [-0.2, 0) is 9.84 Å². The van der Waals surface area contributed by atoms with Gasteiger partial charge in [0.25, 0.3) is 0 Å². The fraction of sp³-hybridized carbons (Fsp3) is 1.00. The summed E-state index contributed by atoms with van der Waals surface area (Å²) in [5, 5.41) is 3.45. The molecular weight excluding hydrogens is 270 g/mol. The Morgan fingerprint density at radius 1 is 1.15 bits per heavy atom. The van der Waals surface area contributed by atoms with Gasteiger partial charge in [0, 0.05) is 5.75 Å². The van der Waals surface area contributed by atoms with E-state index in [9.17, 15) is 8.42 Å². The molecule has 0 aromatic heterocycles. The SMILES string of the molecule is CCCS(=O)(=O)CCC1CC(C)(C)CCC1CNCC. The van der Waals surface area contributed by atoms with E-state index >= 15 is 0 Å². The van der Waals surface area contributed by atoms with Crippen LogP contribution >= 0.6 is 0 Å². The Labute approximate surface area is 125 Å². The molecule has 120 valence electrons. The summed E-state index contributed by atoms with van der Waals surface area (Å²) < 4.78 is 23.9. The predicted octanol–water partition coefficient (Wildman–Crippen LogP) is 3.25. The van der Waals surface area contributed by atoms with Gasteiger partial charge in [-0.1, -0.05) is 27.7 Å². The summed E-state index contributed by atoms with van der Waals surface area (Å²) in [5.41, 5.74) is 0.377. The van der Waals surface area contributed by atoms with Crippen LogP contribution in [0.1, 0.15) is 59.8 Å². The third-order valence-corrected chi connectivity index (χ3v) is 6.53. The molecule has 1 fully saturated rings. The maximum atomic E-state index is 11.9. The van der Waals surface area contributed by atoms with Crippen molar-refractivity contribution in [1.29, 1.82) is 0 Å². The van der Waals surface area contributed by atoms with Crippen LogP contribution < -0.4 is 5.32 Å². The molecule has 1 aliphatic rings. The normalized spacial score (nSPS) is 26.6. The molecule has 1 rings (SSSR count). The number of hydrogen-bond acceptors (Lipinski definition) is 3. The van der Waals surface area contributed by atoms with Crippen LogP contribution in [0.5, 0.6) is 0 Å². The largest absolute Gasteiger partial charge is 0.317 e. The van der Waals surface area contributed by atoms with Crippen molar-refractivity contribution >= 4 is 9.84 Å². The van der Waals surface area contributed by atoms with E-state index in [4.69, 9.17) is 0 Å². The fourth-order valence-corrected chi connectivity index (χ4v) is 4.96. The second kappa shape index (κ2) is 7.79. The zero-order valence-electron chi connectivity index (χ0n) is 13.7. The first kappa shape index (κ1) is 18.0. The minimum Gasteiger partial charge on any atom is -0.317 e. The third kappa shape index (κ3) is 6.13. The number of nitrogens with one attached hydrogen (secondary N) is 1. The molecule has 0 bridgehead atoms. The molecule has 4 heteroatoms. The Kier molecular flexibility index (Phi) is 6.99. The fourth-order valence-electron chi connectivity index (χ4n) is 3.47. The van der Waals surface area contributed by atoms with E-state index in [0.29, 0.717) is 28.8 Å². The highest BCUT2D eigenvalue weighted by atomic mass is 32.2. The minimum atomic E-state index is -2.83. The van der Waals surface area contributed by atoms with Crippen LogP contribution in [0.25, 0.3) is 0 Å². The maximum absolute atomic E-state index is 11.9. The molecule has 0 aromatic carbocycles. The summed E-state index contributed by atoms with van der Waals surface area (Å²) in [6.45, 7) is 10.8. The number of rotatable bonds is 8. The second-order valence-corrected chi connectivity index (χ2v) is 9.48. The highest BCUT2D eigenvalue weighted by molar-refractivity contribution is 7.91. The molecule has 0 spiro atoms. The highest BCUT2D eigenvalue weighted by Crippen LogP contribution is 2.43. The van der Waals surface area contributed by atoms with Gasteiger partial charge in [0.2, 0.25) is 0 Å². The molecule has 0 amide bonds. The van der Waals surface area contributed by atoms with Crippen LogP contribution in [0.4, 0.5) is 0 Å². The molecule has 2 atom stereocenters. The van der Waals surface area contributed by atoms with Gasteiger partial charge in [0.15, 0.2) is 0 Å². The van der Waals surface area contributed by atoms with E-state index < -0.39 is 9.84 Å². The van der Waals surface area contributed by atoms with E-state index in [1.54, 1.807) is 0 Å². The van der Waals surface area contributed by atoms with Gasteiger partial charge < -0.3 is 5.32 Å². The van der Waals surface area contributed by atoms with Gasteiger partial charge in [-0.05, 0) is 62.4 Å². The summed E-state index contributed by atoms with van der Waals surface area (Å²) in [7, 11) is -2.83. The monoisotopic (exact) mass is 303 g/mol. The molecule has 0 radical (unpaired) electrons. The highest BCUT2D eigenvalue weighted by Gasteiger charge is 2.34. The van der Waals surface area contributed by atoms with E-state index in [0.717, 1.165) is 25.9 Å². The molecule has 2 unspecified atom stereocenters. The zero-order chi connectivity index (χ0) is 15.2. The van der Waals surface area contributed by atoms with Gasteiger partial charge in [0.1, 0.15) is 9.84 Å². The van der Waals surface area contributed by atoms with Crippen molar-refractivity contribution in [3.05, 3.63) is 0 Å². The van der Waals surface area contributed by atoms with Crippen molar-refractivity contribution in [1.82, 2.24) is 5.32 Å². The van der Waals surface area contributed by atoms with Crippen LogP contribution in [0, 0.1) is 17.3 Å². The lowest BCUT2D eigenvalue weighted by Crippen LogP contribution is -2.37. The molecule has 0 aromatic rings. The van der Waals surface area contributed by atoms with Crippen LogP contribution in [0.3, 0.4) is 0 Å². The van der Waals surface area contributed by atoms with E-state index in [-0.39, 0.29) is 0 Å². The van der Waals surface area contributed by atoms with Crippen LogP contribution in [0.2, 0.25) is 0 Å². The van der Waals surface area contributed by atoms with Gasteiger partial charge in [-0.3, -0.25) is 0 Å². The minimum absolute atomic E-state index is 0.348. The topological polar surface area (TPSA) is 46.2 Å². The van der Waals surface area contributed by atoms with Gasteiger partial charge >= 0.3 is 0 Å². The molecule has 0 heterocycles. The molecule has 1 aliphatic carbocycles. The molecule has 20 heavy (non-hydrogen) atoms. The molecular formula is C16H33NO2S. The summed E-state index contributed by atoms with van der Waals surface area (Å²) in [6.07, 6.45) is 5.26. The van der Waals surface area contributed by atoms with Gasteiger partial charge in [-0.15, -0.1) is 0 Å². The van der Waals surface area contributed by atoms with Crippen molar-refractivity contribution in [2.45, 2.75) is 59.8 Å². The standard InChI is InChI=1S/C16H33NO2S/c1-5-10-20(18,19)11-8-14-12-16(3,4)9-7-15(14)13-17-6-2/h14-15,17H,5-13H2,1-4H3. The summed E-state index contributed by atoms with van der Waals surface area (Å²) in [5.74, 6) is 1.94. The third-order valence-electron chi connectivity index (χ3n) is 4.64. The first-order valence-corrected chi connectivity index (χ1v) is 10.0. The summed E-state index contributed by atoms with van der Waals surface area (Å²) in [4.78, 5) is 0. The van der Waals surface area contributed by atoms with Crippen molar-refractivity contribution in [3.8, 4) is 0 Å². The Morgan fingerprint density at radius 3 is 2.45 bits per heavy atom. The maximum Gasteiger partial charge on any atom is 0.150 e. The van der Waals surface area contributed by atoms with Gasteiger partial charge in [-0.25, -0.2) is 8.42 Å². The van der Waals surface area contributed by atoms with Gasteiger partial charge in [0.05, 0.1) is 5.75 Å². The predicted molar refractivity (Wildman–Crippen MR) is 86.7 cm³/mol. The Balaban J connectivity index is 2.59. The lowest BCUT2D eigenvalue weighted by Gasteiger charge is -2.41. The molecule has 1 N–H and O–H groups in total. The second-order valence-electron chi connectivity index (χ2n) is 7.18. The summed E-state index contributed by atoms with van der Waals surface area (Å²) >= 11 is 0. The molecule has 1 saturated carbocycles. The molecule has 0 saturated heterocycles. The Bertz CT molecular complexity index is 376. The Hall–Kier alpha value is -0.0900. The zero-order valence-corrected chi connectivity index (χ0v) is 14.6. The quantitative estimate of drug-likeness (QED) is 0.748. The van der Waals surface area contributed by atoms with E-state index in [2.05, 4.69) is 26.1 Å². The first-order chi connectivity index (χ1) is 9.29. The number of hydrogen-bond donors (Lipinski definition) is 1. The van der Waals surface area contributed by atoms with Gasteiger partial charge in [-0.2, -0.15) is 0 Å². The van der Waals surface area contributed by atoms with Crippen LogP contribution in [-0.4, -0.2) is 33.0 Å². The van der Waals surface area contributed by atoms with Crippen molar-refractivity contribution in [2.75, 3.05) is 24.6 Å². The molecule has 3 nitrogen and oxygen atoms in total. The Morgan fingerprint density at radius 2 is 1.85 bits per heavy atom. The van der Waals surface area contributed by atoms with E-state index in [1.807, 2.05) is 6.92 Å². The summed E-state index contributed by atoms with van der Waals surface area (Å²) in [6, 6.07) is 0. The van der Waals surface area contributed by atoms with Crippen molar-refractivity contribution in [3.63, 3.8) is 0 Å². The van der Waals surface area contributed by atoms with E-state index in [1.165, 1.54) is 19.3 Å². The van der Waals surface area contributed by atoms with Crippen molar-refractivity contribution in [2.24, 2.45) is 17.3 Å². The average Bonchev–Trinajstić information content (AvgIpc) is 2.34. The molecule has 0 aliphatic heterocycles. The van der Waals surface area contributed by atoms with Crippen LogP contribution in [0.15, 0.2) is 0 Å².